The third-order valence-electron chi connectivity index (χ3n) is 11.1. The van der Waals surface area contributed by atoms with Crippen molar-refractivity contribution < 1.29 is 25.8 Å². The number of rotatable bonds is 4. The molecule has 2 aromatic heterocycles. The highest BCUT2D eigenvalue weighted by Crippen LogP contribution is 2.47. The maximum atomic E-state index is 6.80. The molecule has 0 saturated carbocycles. The largest absolute Gasteiger partial charge is 0.453 e. The summed E-state index contributed by atoms with van der Waals surface area (Å²) in [4.78, 5) is 0. The molecule has 11 aromatic rings. The van der Waals surface area contributed by atoms with Crippen LogP contribution in [0.1, 0.15) is 22.3 Å². The van der Waals surface area contributed by atoms with Crippen LogP contribution in [0.15, 0.2) is 162 Å². The fourth-order valence-corrected chi connectivity index (χ4v) is 10.8. The average Bonchev–Trinajstić information content (AvgIpc) is 3.52. The van der Waals surface area contributed by atoms with Gasteiger partial charge in [-0.15, -0.1) is 0 Å². The molecule has 0 atom stereocenters. The Hall–Kier alpha value is -6.58. The average molecular weight is 795 g/mol. The summed E-state index contributed by atoms with van der Waals surface area (Å²) in [5, 5.41) is 13.0. The Balaban J connectivity index is 1.09. The summed E-state index contributed by atoms with van der Waals surface area (Å²) >= 11 is 0. The van der Waals surface area contributed by atoms with Gasteiger partial charge in [0.2, 0.25) is 0 Å². The summed E-state index contributed by atoms with van der Waals surface area (Å²) < 4.78 is 40.5. The maximum absolute atomic E-state index is 6.80. The van der Waals surface area contributed by atoms with Crippen molar-refractivity contribution in [2.24, 2.45) is 0 Å². The van der Waals surface area contributed by atoms with Gasteiger partial charge in [-0.05, 0) is 129 Å². The lowest BCUT2D eigenvalue weighted by Gasteiger charge is -2.08. The van der Waals surface area contributed by atoms with Gasteiger partial charge in [-0.2, -0.15) is 0 Å². The van der Waals surface area contributed by atoms with Crippen molar-refractivity contribution >= 4 is 103 Å². The lowest BCUT2D eigenvalue weighted by Crippen LogP contribution is -1.85. The fourth-order valence-electron chi connectivity index (χ4n) is 8.51. The van der Waals surface area contributed by atoms with Gasteiger partial charge < -0.3 is 25.8 Å². The first-order chi connectivity index (χ1) is 28.4. The van der Waals surface area contributed by atoms with E-state index in [0.717, 1.165) is 109 Å². The number of fused-ring (bicyclic) bond motifs is 14. The van der Waals surface area contributed by atoms with Crippen LogP contribution in [-0.2, 0) is 0 Å². The molecule has 0 unspecified atom stereocenters. The van der Waals surface area contributed by atoms with Crippen LogP contribution >= 0.6 is 16.5 Å². The molecule has 282 valence electrons. The Labute approximate surface area is 335 Å². The number of aryl methyl sites for hydroxylation is 4. The Bertz CT molecular complexity index is 3140. The highest BCUT2D eigenvalue weighted by molar-refractivity contribution is 7.32. The number of benzene rings is 9. The second kappa shape index (κ2) is 13.5. The highest BCUT2D eigenvalue weighted by Gasteiger charge is 2.20. The summed E-state index contributed by atoms with van der Waals surface area (Å²) in [5.74, 6) is 1.06. The van der Waals surface area contributed by atoms with Crippen LogP contribution in [0, 0.1) is 27.7 Å². The Morgan fingerprint density at radius 3 is 0.897 bits per heavy atom. The maximum Gasteiger partial charge on any atom is 0.453 e. The number of hydrogen-bond donors (Lipinski definition) is 0. The van der Waals surface area contributed by atoms with E-state index < -0.39 is 16.5 Å². The lowest BCUT2D eigenvalue weighted by molar-refractivity contribution is 0.485. The van der Waals surface area contributed by atoms with Crippen LogP contribution in [0.4, 0.5) is 0 Å². The molecule has 0 saturated heterocycles. The van der Waals surface area contributed by atoms with Crippen molar-refractivity contribution in [2.75, 3.05) is 0 Å². The molecule has 0 aliphatic rings. The Kier molecular flexibility index (Phi) is 8.08. The van der Waals surface area contributed by atoms with E-state index >= 15 is 0 Å². The molecule has 0 N–H and O–H groups in total. The molecule has 6 nitrogen and oxygen atoms in total. The first-order valence-corrected chi connectivity index (χ1v) is 21.5. The van der Waals surface area contributed by atoms with E-state index in [1.54, 1.807) is 0 Å². The molecule has 0 bridgehead atoms. The van der Waals surface area contributed by atoms with Crippen LogP contribution in [0.2, 0.25) is 0 Å². The van der Waals surface area contributed by atoms with Gasteiger partial charge in [-0.1, -0.05) is 103 Å². The minimum atomic E-state index is -1.95. The predicted octanol–water partition coefficient (Wildman–Crippen LogP) is 16.4. The molecular weight excluding hydrogens is 758 g/mol. The van der Waals surface area contributed by atoms with Crippen LogP contribution in [0.5, 0.6) is 11.5 Å². The normalized spacial score (nSPS) is 11.8. The predicted molar refractivity (Wildman–Crippen MR) is 240 cm³/mol. The molecule has 0 amide bonds. The van der Waals surface area contributed by atoms with E-state index in [1.165, 1.54) is 0 Å². The van der Waals surface area contributed by atoms with Crippen molar-refractivity contribution in [2.45, 2.75) is 27.7 Å². The zero-order valence-electron chi connectivity index (χ0n) is 32.2. The van der Waals surface area contributed by atoms with Crippen molar-refractivity contribution in [3.05, 3.63) is 168 Å². The van der Waals surface area contributed by atoms with Crippen molar-refractivity contribution in [1.29, 1.82) is 0 Å². The third-order valence-corrected chi connectivity index (χ3v) is 13.1. The molecule has 0 fully saturated rings. The zero-order chi connectivity index (χ0) is 39.1. The Morgan fingerprint density at radius 1 is 0.328 bits per heavy atom. The summed E-state index contributed by atoms with van der Waals surface area (Å²) in [6, 6.07) is 49.9. The van der Waals surface area contributed by atoms with Gasteiger partial charge in [0.15, 0.2) is 0 Å². The van der Waals surface area contributed by atoms with Gasteiger partial charge >= 0.3 is 16.5 Å². The third kappa shape index (κ3) is 5.63. The minimum Gasteiger partial charge on any atom is -0.391 e. The minimum absolute atomic E-state index is 0.528. The highest BCUT2D eigenvalue weighted by atomic mass is 31.1. The topological polar surface area (TPSA) is 71.0 Å². The van der Waals surface area contributed by atoms with Crippen LogP contribution in [0.3, 0.4) is 0 Å². The summed E-state index contributed by atoms with van der Waals surface area (Å²) in [7, 11) is -3.90. The summed E-state index contributed by atoms with van der Waals surface area (Å²) in [6.45, 7) is 8.32. The monoisotopic (exact) mass is 794 g/mol. The molecule has 2 heterocycles. The molecule has 0 spiro atoms. The summed E-state index contributed by atoms with van der Waals surface area (Å²) in [5.41, 5.74) is 7.00. The summed E-state index contributed by atoms with van der Waals surface area (Å²) in [6.07, 6.45) is 0. The Morgan fingerprint density at radius 2 is 0.603 bits per heavy atom. The van der Waals surface area contributed by atoms with Crippen molar-refractivity contribution in [3.63, 3.8) is 0 Å². The van der Waals surface area contributed by atoms with E-state index in [0.29, 0.717) is 11.5 Å². The van der Waals surface area contributed by atoms with Crippen molar-refractivity contribution in [3.8, 4) is 11.5 Å². The lowest BCUT2D eigenvalue weighted by atomic mass is 9.95. The molecular formula is C50H36O6P2. The van der Waals surface area contributed by atoms with Gasteiger partial charge in [-0.3, -0.25) is 0 Å². The molecule has 9 aromatic carbocycles. The van der Waals surface area contributed by atoms with Gasteiger partial charge in [0.25, 0.3) is 0 Å². The van der Waals surface area contributed by atoms with Crippen LogP contribution in [-0.4, -0.2) is 0 Å². The first-order valence-electron chi connectivity index (χ1n) is 19.3. The molecule has 11 rings (SSSR count). The molecule has 0 radical (unpaired) electrons. The van der Waals surface area contributed by atoms with Gasteiger partial charge in [0.05, 0.1) is 0 Å². The van der Waals surface area contributed by atoms with E-state index in [9.17, 15) is 0 Å². The van der Waals surface area contributed by atoms with Gasteiger partial charge in [0.1, 0.15) is 33.8 Å². The van der Waals surface area contributed by atoms with E-state index in [2.05, 4.69) is 149 Å². The zero-order valence-corrected chi connectivity index (χ0v) is 34.0. The molecule has 8 heteroatoms. The quantitative estimate of drug-likeness (QED) is 0.177. The fraction of sp³-hybridized carbons (Fsp3) is 0.0800. The molecule has 0 aliphatic carbocycles. The molecule has 58 heavy (non-hydrogen) atoms. The second-order valence-electron chi connectivity index (χ2n) is 14.9. The van der Waals surface area contributed by atoms with Gasteiger partial charge in [0, 0.05) is 27.6 Å². The van der Waals surface area contributed by atoms with Crippen LogP contribution in [0.25, 0.3) is 87.0 Å². The number of hydrogen-bond acceptors (Lipinski definition) is 6. The second-order valence-corrected chi connectivity index (χ2v) is 16.9. The van der Waals surface area contributed by atoms with Crippen molar-refractivity contribution in [1.82, 2.24) is 0 Å². The van der Waals surface area contributed by atoms with Gasteiger partial charge in [-0.25, -0.2) is 0 Å². The first kappa shape index (κ1) is 34.7. The van der Waals surface area contributed by atoms with E-state index in [4.69, 9.17) is 25.8 Å². The smallest absolute Gasteiger partial charge is 0.391 e. The van der Waals surface area contributed by atoms with Crippen LogP contribution < -0.4 is 9.05 Å². The SMILES string of the molecule is Cc1cc2ccccc2c2c1op(Oc1cccc(Op3oc4c(C)cc5ccccc5c4c4c(o3)c(C)cc3ccccc34)c1)oc1c(C)cc3ccccc3c12. The van der Waals surface area contributed by atoms with E-state index in [1.807, 2.05) is 24.3 Å². The standard InChI is InChI=1S/C50H36O6P2/c1-29-24-33-14-5-9-20-39(33)43-44-40-21-10-6-15-34(40)25-30(2)48(44)54-57(53-47(29)43)51-37-18-13-19-38(28-37)52-58-55-49-31(3)26-35-16-7-11-22-41(35)45(49)46-42-23-12-8-17-36(42)27-32(4)50(46)56-58/h5-28H,1-4H3. The van der Waals surface area contributed by atoms with E-state index in [-0.39, 0.29) is 0 Å². The molecule has 0 aliphatic heterocycles.